The SMILES string of the molecule is CN=C(NCCC(=O)N(C)Cc1ccccc1)NCc1cc(F)ccc1F. The Hall–Kier alpha value is -2.96. The summed E-state index contributed by atoms with van der Waals surface area (Å²) in [6, 6.07) is 13.0. The molecule has 0 aliphatic rings. The molecule has 1 amide bonds. The van der Waals surface area contributed by atoms with Crippen LogP contribution in [-0.2, 0) is 17.9 Å². The van der Waals surface area contributed by atoms with Gasteiger partial charge in [0.25, 0.3) is 0 Å². The van der Waals surface area contributed by atoms with E-state index in [0.717, 1.165) is 23.8 Å². The van der Waals surface area contributed by atoms with Gasteiger partial charge in [0.1, 0.15) is 11.6 Å². The van der Waals surface area contributed by atoms with E-state index in [1.54, 1.807) is 19.0 Å². The molecule has 5 nitrogen and oxygen atoms in total. The highest BCUT2D eigenvalue weighted by molar-refractivity contribution is 5.81. The minimum atomic E-state index is -0.497. The molecular formula is C20H24F2N4O. The molecule has 27 heavy (non-hydrogen) atoms. The third kappa shape index (κ3) is 6.69. The predicted octanol–water partition coefficient (Wildman–Crippen LogP) is 2.68. The van der Waals surface area contributed by atoms with Crippen molar-refractivity contribution in [3.05, 3.63) is 71.3 Å². The molecule has 0 radical (unpaired) electrons. The normalized spacial score (nSPS) is 11.2. The van der Waals surface area contributed by atoms with E-state index in [1.807, 2.05) is 30.3 Å². The van der Waals surface area contributed by atoms with E-state index < -0.39 is 11.6 Å². The zero-order valence-corrected chi connectivity index (χ0v) is 15.5. The third-order valence-electron chi connectivity index (χ3n) is 4.00. The van der Waals surface area contributed by atoms with Crippen LogP contribution in [0.5, 0.6) is 0 Å². The number of hydrogen-bond donors (Lipinski definition) is 2. The van der Waals surface area contributed by atoms with Gasteiger partial charge in [-0.1, -0.05) is 30.3 Å². The molecule has 2 rings (SSSR count). The van der Waals surface area contributed by atoms with Crippen molar-refractivity contribution in [1.82, 2.24) is 15.5 Å². The average Bonchev–Trinajstić information content (AvgIpc) is 2.67. The molecule has 0 aromatic heterocycles. The first-order valence-electron chi connectivity index (χ1n) is 8.66. The van der Waals surface area contributed by atoms with E-state index in [1.165, 1.54) is 0 Å². The van der Waals surface area contributed by atoms with Crippen molar-refractivity contribution in [1.29, 1.82) is 0 Å². The minimum Gasteiger partial charge on any atom is -0.356 e. The topological polar surface area (TPSA) is 56.7 Å². The fourth-order valence-electron chi connectivity index (χ4n) is 2.50. The standard InChI is InChI=1S/C20H24F2N4O/c1-23-20(25-13-16-12-17(21)8-9-18(16)22)24-11-10-19(27)26(2)14-15-6-4-3-5-7-15/h3-9,12H,10-11,13-14H2,1-2H3,(H2,23,24,25). The Labute approximate surface area is 158 Å². The number of hydrogen-bond acceptors (Lipinski definition) is 2. The second-order valence-corrected chi connectivity index (χ2v) is 6.07. The zero-order chi connectivity index (χ0) is 19.6. The van der Waals surface area contributed by atoms with Gasteiger partial charge in [-0.3, -0.25) is 9.79 Å². The van der Waals surface area contributed by atoms with Crippen molar-refractivity contribution in [3.8, 4) is 0 Å². The molecule has 0 fully saturated rings. The fraction of sp³-hybridized carbons (Fsp3) is 0.300. The first-order chi connectivity index (χ1) is 13.0. The van der Waals surface area contributed by atoms with Crippen molar-refractivity contribution in [2.24, 2.45) is 4.99 Å². The molecule has 0 heterocycles. The molecule has 0 spiro atoms. The van der Waals surface area contributed by atoms with E-state index in [2.05, 4.69) is 15.6 Å². The molecule has 2 aromatic carbocycles. The Kier molecular flexibility index (Phi) is 7.73. The maximum absolute atomic E-state index is 13.6. The van der Waals surface area contributed by atoms with E-state index in [-0.39, 0.29) is 18.0 Å². The summed E-state index contributed by atoms with van der Waals surface area (Å²) in [6.07, 6.45) is 0.290. The number of carbonyl (C=O) groups excluding carboxylic acids is 1. The Morgan fingerprint density at radius 2 is 1.85 bits per heavy atom. The van der Waals surface area contributed by atoms with Gasteiger partial charge in [-0.05, 0) is 23.8 Å². The van der Waals surface area contributed by atoms with E-state index >= 15 is 0 Å². The van der Waals surface area contributed by atoms with Crippen LogP contribution in [0.3, 0.4) is 0 Å². The number of amides is 1. The highest BCUT2D eigenvalue weighted by Crippen LogP contribution is 2.09. The maximum atomic E-state index is 13.6. The second-order valence-electron chi connectivity index (χ2n) is 6.07. The van der Waals surface area contributed by atoms with E-state index in [9.17, 15) is 13.6 Å². The fourth-order valence-corrected chi connectivity index (χ4v) is 2.50. The van der Waals surface area contributed by atoms with Crippen LogP contribution in [0.4, 0.5) is 8.78 Å². The number of benzene rings is 2. The summed E-state index contributed by atoms with van der Waals surface area (Å²) in [4.78, 5) is 17.9. The quantitative estimate of drug-likeness (QED) is 0.579. The first-order valence-corrected chi connectivity index (χ1v) is 8.66. The van der Waals surface area contributed by atoms with Gasteiger partial charge in [-0.2, -0.15) is 0 Å². The van der Waals surface area contributed by atoms with E-state index in [4.69, 9.17) is 0 Å². The van der Waals surface area contributed by atoms with Gasteiger partial charge in [0.2, 0.25) is 5.91 Å². The molecule has 0 saturated carbocycles. The smallest absolute Gasteiger partial charge is 0.224 e. The van der Waals surface area contributed by atoms with Crippen LogP contribution in [0.25, 0.3) is 0 Å². The summed E-state index contributed by atoms with van der Waals surface area (Å²) in [5.74, 6) is -0.574. The number of nitrogens with zero attached hydrogens (tertiary/aromatic N) is 2. The lowest BCUT2D eigenvalue weighted by Crippen LogP contribution is -2.39. The first kappa shape index (κ1) is 20.4. The summed E-state index contributed by atoms with van der Waals surface area (Å²) >= 11 is 0. The molecule has 0 unspecified atom stereocenters. The molecule has 2 N–H and O–H groups in total. The Balaban J connectivity index is 1.75. The van der Waals surface area contributed by atoms with Gasteiger partial charge in [0, 0.05) is 45.7 Å². The molecule has 0 saturated heterocycles. The van der Waals surface area contributed by atoms with Crippen LogP contribution >= 0.6 is 0 Å². The summed E-state index contributed by atoms with van der Waals surface area (Å²) < 4.78 is 26.8. The lowest BCUT2D eigenvalue weighted by Gasteiger charge is -2.18. The number of rotatable bonds is 7. The van der Waals surface area contributed by atoms with Gasteiger partial charge in [-0.15, -0.1) is 0 Å². The van der Waals surface area contributed by atoms with Crippen molar-refractivity contribution in [2.75, 3.05) is 20.6 Å². The number of carbonyl (C=O) groups is 1. The number of guanidine groups is 1. The highest BCUT2D eigenvalue weighted by Gasteiger charge is 2.10. The molecule has 0 atom stereocenters. The summed E-state index contributed by atoms with van der Waals surface area (Å²) in [7, 11) is 3.33. The molecule has 2 aromatic rings. The zero-order valence-electron chi connectivity index (χ0n) is 15.5. The predicted molar refractivity (Wildman–Crippen MR) is 102 cm³/mol. The van der Waals surface area contributed by atoms with Gasteiger partial charge < -0.3 is 15.5 Å². The lowest BCUT2D eigenvalue weighted by atomic mass is 10.2. The summed E-state index contributed by atoms with van der Waals surface area (Å²) in [5, 5.41) is 5.90. The average molecular weight is 374 g/mol. The minimum absolute atomic E-state index is 0.00187. The molecule has 0 bridgehead atoms. The number of halogens is 2. The van der Waals surface area contributed by atoms with Gasteiger partial charge in [0.05, 0.1) is 0 Å². The Morgan fingerprint density at radius 3 is 2.56 bits per heavy atom. The number of aliphatic imine (C=N–C) groups is 1. The van der Waals surface area contributed by atoms with Crippen LogP contribution in [-0.4, -0.2) is 37.4 Å². The molecule has 7 heteroatoms. The third-order valence-corrected chi connectivity index (χ3v) is 4.00. The molecule has 0 aliphatic heterocycles. The highest BCUT2D eigenvalue weighted by atomic mass is 19.1. The van der Waals surface area contributed by atoms with Crippen molar-refractivity contribution >= 4 is 11.9 Å². The van der Waals surface area contributed by atoms with Crippen LogP contribution in [0.2, 0.25) is 0 Å². The van der Waals surface area contributed by atoms with Crippen LogP contribution < -0.4 is 10.6 Å². The second kappa shape index (κ2) is 10.3. The lowest BCUT2D eigenvalue weighted by molar-refractivity contribution is -0.130. The van der Waals surface area contributed by atoms with Crippen molar-refractivity contribution < 1.29 is 13.6 Å². The van der Waals surface area contributed by atoms with Gasteiger partial charge >= 0.3 is 0 Å². The van der Waals surface area contributed by atoms with Crippen LogP contribution in [0.1, 0.15) is 17.5 Å². The number of nitrogens with one attached hydrogen (secondary N) is 2. The Bertz CT molecular complexity index is 781. The molecule has 144 valence electrons. The maximum Gasteiger partial charge on any atom is 0.224 e. The summed E-state index contributed by atoms with van der Waals surface area (Å²) in [5.41, 5.74) is 1.27. The molecule has 0 aliphatic carbocycles. The monoisotopic (exact) mass is 374 g/mol. The Morgan fingerprint density at radius 1 is 1.11 bits per heavy atom. The van der Waals surface area contributed by atoms with Crippen molar-refractivity contribution in [3.63, 3.8) is 0 Å². The van der Waals surface area contributed by atoms with E-state index in [0.29, 0.717) is 25.5 Å². The van der Waals surface area contributed by atoms with Crippen LogP contribution in [0, 0.1) is 11.6 Å². The summed E-state index contributed by atoms with van der Waals surface area (Å²) in [6.45, 7) is 1.01. The molecular weight excluding hydrogens is 350 g/mol. The largest absolute Gasteiger partial charge is 0.356 e. The van der Waals surface area contributed by atoms with Gasteiger partial charge in [0.15, 0.2) is 5.96 Å². The van der Waals surface area contributed by atoms with Gasteiger partial charge in [-0.25, -0.2) is 8.78 Å². The van der Waals surface area contributed by atoms with Crippen LogP contribution in [0.15, 0.2) is 53.5 Å². The van der Waals surface area contributed by atoms with Crippen molar-refractivity contribution in [2.45, 2.75) is 19.5 Å².